The highest BCUT2D eigenvalue weighted by atomic mass is 16.3. The van der Waals surface area contributed by atoms with Crippen molar-refractivity contribution in [3.05, 3.63) is 23.7 Å². The SMILES string of the molecule is NCc1occc1CN1CC2CCCC2C1. The Hall–Kier alpha value is -0.800. The molecule has 1 saturated heterocycles. The fraction of sp³-hybridized carbons (Fsp3) is 0.692. The number of nitrogens with two attached hydrogens (primary N) is 1. The molecule has 0 amide bonds. The highest BCUT2D eigenvalue weighted by molar-refractivity contribution is 5.17. The number of hydrogen-bond acceptors (Lipinski definition) is 3. The maximum absolute atomic E-state index is 5.65. The Morgan fingerprint density at radius 3 is 2.75 bits per heavy atom. The van der Waals surface area contributed by atoms with E-state index < -0.39 is 0 Å². The first kappa shape index (κ1) is 10.4. The van der Waals surface area contributed by atoms with Crippen molar-refractivity contribution in [3.8, 4) is 0 Å². The summed E-state index contributed by atoms with van der Waals surface area (Å²) in [6, 6.07) is 2.07. The third kappa shape index (κ3) is 1.78. The fourth-order valence-electron chi connectivity index (χ4n) is 3.39. The molecule has 0 aromatic carbocycles. The van der Waals surface area contributed by atoms with Gasteiger partial charge < -0.3 is 10.2 Å². The number of rotatable bonds is 3. The van der Waals surface area contributed by atoms with Crippen molar-refractivity contribution in [2.45, 2.75) is 32.4 Å². The van der Waals surface area contributed by atoms with Crippen LogP contribution in [-0.4, -0.2) is 18.0 Å². The van der Waals surface area contributed by atoms with Gasteiger partial charge in [0.05, 0.1) is 12.8 Å². The van der Waals surface area contributed by atoms with Gasteiger partial charge in [-0.25, -0.2) is 0 Å². The molecule has 2 atom stereocenters. The lowest BCUT2D eigenvalue weighted by Crippen LogP contribution is -2.21. The maximum Gasteiger partial charge on any atom is 0.121 e. The van der Waals surface area contributed by atoms with Gasteiger partial charge in [-0.2, -0.15) is 0 Å². The van der Waals surface area contributed by atoms with Crippen molar-refractivity contribution in [1.29, 1.82) is 0 Å². The molecule has 2 heterocycles. The molecule has 0 bridgehead atoms. The van der Waals surface area contributed by atoms with Crippen LogP contribution in [0.25, 0.3) is 0 Å². The maximum atomic E-state index is 5.65. The van der Waals surface area contributed by atoms with Crippen molar-refractivity contribution in [1.82, 2.24) is 4.90 Å². The average molecular weight is 220 g/mol. The van der Waals surface area contributed by atoms with Crippen LogP contribution in [0, 0.1) is 11.8 Å². The summed E-state index contributed by atoms with van der Waals surface area (Å²) in [6.07, 6.45) is 6.09. The lowest BCUT2D eigenvalue weighted by molar-refractivity contribution is 0.300. The van der Waals surface area contributed by atoms with Crippen molar-refractivity contribution < 1.29 is 4.42 Å². The molecule has 3 heteroatoms. The molecule has 16 heavy (non-hydrogen) atoms. The van der Waals surface area contributed by atoms with Crippen LogP contribution in [0.2, 0.25) is 0 Å². The molecule has 88 valence electrons. The predicted octanol–water partition coefficient (Wildman–Crippen LogP) is 1.97. The van der Waals surface area contributed by atoms with Crippen LogP contribution < -0.4 is 5.73 Å². The average Bonchev–Trinajstić information content (AvgIpc) is 2.92. The van der Waals surface area contributed by atoms with E-state index in [2.05, 4.69) is 11.0 Å². The molecule has 0 spiro atoms. The van der Waals surface area contributed by atoms with Crippen LogP contribution in [0.3, 0.4) is 0 Å². The Bertz CT molecular complexity index is 349. The summed E-state index contributed by atoms with van der Waals surface area (Å²) in [7, 11) is 0. The Balaban J connectivity index is 1.64. The van der Waals surface area contributed by atoms with E-state index in [-0.39, 0.29) is 0 Å². The van der Waals surface area contributed by atoms with Gasteiger partial charge in [0.1, 0.15) is 5.76 Å². The minimum Gasteiger partial charge on any atom is -0.468 e. The molecule has 1 saturated carbocycles. The van der Waals surface area contributed by atoms with E-state index in [0.29, 0.717) is 6.54 Å². The number of fused-ring (bicyclic) bond motifs is 1. The molecule has 1 aromatic heterocycles. The summed E-state index contributed by atoms with van der Waals surface area (Å²) in [5.74, 6) is 2.89. The van der Waals surface area contributed by atoms with Gasteiger partial charge in [-0.05, 0) is 30.7 Å². The second kappa shape index (κ2) is 4.22. The Kier molecular flexibility index (Phi) is 2.74. The Labute approximate surface area is 96.6 Å². The molecule has 0 radical (unpaired) electrons. The topological polar surface area (TPSA) is 42.4 Å². The summed E-state index contributed by atoms with van der Waals surface area (Å²) in [5, 5.41) is 0. The van der Waals surface area contributed by atoms with Gasteiger partial charge in [-0.1, -0.05) is 6.42 Å². The molecule has 3 nitrogen and oxygen atoms in total. The fourth-order valence-corrected chi connectivity index (χ4v) is 3.39. The van der Waals surface area contributed by atoms with Crippen LogP contribution in [0.15, 0.2) is 16.7 Å². The summed E-state index contributed by atoms with van der Waals surface area (Å²) >= 11 is 0. The van der Waals surface area contributed by atoms with Gasteiger partial charge in [-0.3, -0.25) is 4.90 Å². The van der Waals surface area contributed by atoms with E-state index in [1.807, 2.05) is 0 Å². The third-order valence-corrected chi connectivity index (χ3v) is 4.22. The molecule has 2 unspecified atom stereocenters. The van der Waals surface area contributed by atoms with Gasteiger partial charge in [-0.15, -0.1) is 0 Å². The molecule has 1 aliphatic heterocycles. The van der Waals surface area contributed by atoms with Crippen molar-refractivity contribution in [2.75, 3.05) is 13.1 Å². The number of likely N-dealkylation sites (tertiary alicyclic amines) is 1. The van der Waals surface area contributed by atoms with Crippen LogP contribution in [0.5, 0.6) is 0 Å². The molecular weight excluding hydrogens is 200 g/mol. The third-order valence-electron chi connectivity index (χ3n) is 4.22. The Morgan fingerprint density at radius 2 is 2.06 bits per heavy atom. The molecule has 2 N–H and O–H groups in total. The second-order valence-corrected chi connectivity index (χ2v) is 5.22. The van der Waals surface area contributed by atoms with E-state index in [1.165, 1.54) is 37.9 Å². The monoisotopic (exact) mass is 220 g/mol. The largest absolute Gasteiger partial charge is 0.468 e. The van der Waals surface area contributed by atoms with Gasteiger partial charge >= 0.3 is 0 Å². The summed E-state index contributed by atoms with van der Waals surface area (Å²) in [4.78, 5) is 2.57. The minimum absolute atomic E-state index is 0.517. The number of hydrogen-bond donors (Lipinski definition) is 1. The van der Waals surface area contributed by atoms with E-state index in [0.717, 1.165) is 24.1 Å². The lowest BCUT2D eigenvalue weighted by atomic mass is 10.0. The van der Waals surface area contributed by atoms with E-state index in [1.54, 1.807) is 6.26 Å². The highest BCUT2D eigenvalue weighted by Crippen LogP contribution is 2.38. The predicted molar refractivity (Wildman–Crippen MR) is 62.7 cm³/mol. The number of nitrogens with zero attached hydrogens (tertiary/aromatic N) is 1. The first-order valence-electron chi connectivity index (χ1n) is 6.34. The van der Waals surface area contributed by atoms with E-state index in [4.69, 9.17) is 10.2 Å². The van der Waals surface area contributed by atoms with Gasteiger partial charge in [0.15, 0.2) is 0 Å². The van der Waals surface area contributed by atoms with Crippen LogP contribution >= 0.6 is 0 Å². The zero-order chi connectivity index (χ0) is 11.0. The number of furan rings is 1. The van der Waals surface area contributed by atoms with Crippen LogP contribution in [-0.2, 0) is 13.1 Å². The summed E-state index contributed by atoms with van der Waals surface area (Å²) in [5.41, 5.74) is 6.93. The van der Waals surface area contributed by atoms with E-state index in [9.17, 15) is 0 Å². The summed E-state index contributed by atoms with van der Waals surface area (Å²) in [6.45, 7) is 4.10. The lowest BCUT2D eigenvalue weighted by Gasteiger charge is -2.16. The van der Waals surface area contributed by atoms with Crippen molar-refractivity contribution in [3.63, 3.8) is 0 Å². The molecule has 2 fully saturated rings. The molecule has 3 rings (SSSR count). The Morgan fingerprint density at radius 1 is 1.31 bits per heavy atom. The van der Waals surface area contributed by atoms with Crippen molar-refractivity contribution >= 4 is 0 Å². The molecule has 2 aliphatic rings. The standard InChI is InChI=1S/C13H20N2O/c14-6-13-12(4-5-16-13)9-15-7-10-2-1-3-11(10)8-15/h4-5,10-11H,1-3,6-9,14H2. The van der Waals surface area contributed by atoms with Crippen LogP contribution in [0.1, 0.15) is 30.6 Å². The smallest absolute Gasteiger partial charge is 0.121 e. The highest BCUT2D eigenvalue weighted by Gasteiger charge is 2.35. The quantitative estimate of drug-likeness (QED) is 0.847. The van der Waals surface area contributed by atoms with E-state index >= 15 is 0 Å². The zero-order valence-corrected chi connectivity index (χ0v) is 9.69. The minimum atomic E-state index is 0.517. The second-order valence-electron chi connectivity index (χ2n) is 5.22. The molecular formula is C13H20N2O. The first-order chi connectivity index (χ1) is 7.86. The van der Waals surface area contributed by atoms with Crippen LogP contribution in [0.4, 0.5) is 0 Å². The van der Waals surface area contributed by atoms with Gasteiger partial charge in [0.25, 0.3) is 0 Å². The molecule has 1 aliphatic carbocycles. The first-order valence-corrected chi connectivity index (χ1v) is 6.34. The van der Waals surface area contributed by atoms with Crippen molar-refractivity contribution in [2.24, 2.45) is 17.6 Å². The zero-order valence-electron chi connectivity index (χ0n) is 9.69. The van der Waals surface area contributed by atoms with Gasteiger partial charge in [0, 0.05) is 25.2 Å². The van der Waals surface area contributed by atoms with Gasteiger partial charge in [0.2, 0.25) is 0 Å². The summed E-state index contributed by atoms with van der Waals surface area (Å²) < 4.78 is 5.37. The normalized spacial score (nSPS) is 29.8. The molecule has 1 aromatic rings.